The van der Waals surface area contributed by atoms with Crippen LogP contribution in [0.25, 0.3) is 0 Å². The number of halogens is 1. The van der Waals surface area contributed by atoms with E-state index in [2.05, 4.69) is 23.8 Å². The average molecular weight is 403 g/mol. The van der Waals surface area contributed by atoms with Crippen molar-refractivity contribution in [2.75, 3.05) is 13.0 Å². The minimum absolute atomic E-state index is 0.0235. The van der Waals surface area contributed by atoms with E-state index in [1.165, 1.54) is 44.9 Å². The molecule has 1 aliphatic carbocycles. The lowest BCUT2D eigenvalue weighted by Gasteiger charge is -2.21. The zero-order chi connectivity index (χ0) is 20.1. The minimum atomic E-state index is -2.35. The number of hydrogen-bond donors (Lipinski definition) is 2. The fraction of sp³-hybridized carbons (Fsp3) is 0.864. The number of carbonyl (C=O) groups is 1. The number of ether oxygens (including phenoxy) is 1. The molecule has 27 heavy (non-hydrogen) atoms. The van der Waals surface area contributed by atoms with Crippen molar-refractivity contribution in [2.24, 2.45) is 17.8 Å². The molecule has 0 aromatic carbocycles. The van der Waals surface area contributed by atoms with Gasteiger partial charge < -0.3 is 14.9 Å². The van der Waals surface area contributed by atoms with Crippen LogP contribution in [0, 0.1) is 17.8 Å². The van der Waals surface area contributed by atoms with E-state index in [0.29, 0.717) is 24.2 Å². The van der Waals surface area contributed by atoms with Gasteiger partial charge in [-0.1, -0.05) is 51.2 Å². The summed E-state index contributed by atoms with van der Waals surface area (Å²) in [5.74, 6) is -0.752. The summed E-state index contributed by atoms with van der Waals surface area (Å²) >= 11 is 6.19. The fourth-order valence-electron chi connectivity index (χ4n) is 4.19. The van der Waals surface area contributed by atoms with Crippen LogP contribution in [0.3, 0.4) is 0 Å². The van der Waals surface area contributed by atoms with Gasteiger partial charge in [0.2, 0.25) is 0 Å². The maximum absolute atomic E-state index is 11.3. The van der Waals surface area contributed by atoms with E-state index in [4.69, 9.17) is 11.6 Å². The predicted molar refractivity (Wildman–Crippen MR) is 111 cm³/mol. The maximum atomic E-state index is 11.3. The first-order chi connectivity index (χ1) is 13.0. The molecule has 0 radical (unpaired) electrons. The second-order valence-corrected chi connectivity index (χ2v) is 8.32. The van der Waals surface area contributed by atoms with Gasteiger partial charge in [-0.3, -0.25) is 0 Å². The third-order valence-electron chi connectivity index (χ3n) is 5.89. The maximum Gasteiger partial charge on any atom is 0.366 e. The molecule has 1 fully saturated rings. The van der Waals surface area contributed by atoms with E-state index in [1.807, 2.05) is 0 Å². The van der Waals surface area contributed by atoms with Crippen molar-refractivity contribution in [3.63, 3.8) is 0 Å². The Morgan fingerprint density at radius 3 is 2.48 bits per heavy atom. The Labute approximate surface area is 170 Å². The first-order valence-electron chi connectivity index (χ1n) is 10.7. The van der Waals surface area contributed by atoms with Gasteiger partial charge in [-0.05, 0) is 56.3 Å². The molecule has 0 saturated heterocycles. The number of methoxy groups -OCH3 is 1. The first kappa shape index (κ1) is 24.5. The summed E-state index contributed by atoms with van der Waals surface area (Å²) in [6.45, 7) is 2.24. The highest BCUT2D eigenvalue weighted by Gasteiger charge is 2.34. The number of esters is 1. The number of hydrogen-bond acceptors (Lipinski definition) is 4. The summed E-state index contributed by atoms with van der Waals surface area (Å²) in [7, 11) is 1.16. The van der Waals surface area contributed by atoms with Crippen molar-refractivity contribution in [3.05, 3.63) is 12.2 Å². The van der Waals surface area contributed by atoms with E-state index in [0.717, 1.165) is 32.3 Å². The Morgan fingerprint density at radius 1 is 1.11 bits per heavy atom. The van der Waals surface area contributed by atoms with E-state index >= 15 is 0 Å². The van der Waals surface area contributed by atoms with Crippen LogP contribution in [0.2, 0.25) is 0 Å². The highest BCUT2D eigenvalue weighted by Crippen LogP contribution is 2.41. The van der Waals surface area contributed by atoms with Gasteiger partial charge in [0.05, 0.1) is 7.11 Å². The molecule has 4 nitrogen and oxygen atoms in total. The minimum Gasteiger partial charge on any atom is -0.465 e. The molecule has 0 aliphatic heterocycles. The van der Waals surface area contributed by atoms with Gasteiger partial charge >= 0.3 is 5.97 Å². The summed E-state index contributed by atoms with van der Waals surface area (Å²) in [6, 6.07) is 0. The lowest BCUT2D eigenvalue weighted by molar-refractivity contribution is -0.209. The molecule has 0 heterocycles. The van der Waals surface area contributed by atoms with Crippen LogP contribution in [0.5, 0.6) is 0 Å². The normalized spacial score (nSPS) is 23.2. The molecule has 0 aromatic rings. The van der Waals surface area contributed by atoms with Crippen molar-refractivity contribution < 1.29 is 19.7 Å². The molecule has 0 aromatic heterocycles. The largest absolute Gasteiger partial charge is 0.465 e. The summed E-state index contributed by atoms with van der Waals surface area (Å²) in [5.41, 5.74) is 0. The molecule has 3 atom stereocenters. The van der Waals surface area contributed by atoms with Crippen LogP contribution in [0.15, 0.2) is 12.2 Å². The highest BCUT2D eigenvalue weighted by molar-refractivity contribution is 6.18. The van der Waals surface area contributed by atoms with Crippen LogP contribution in [0.4, 0.5) is 0 Å². The van der Waals surface area contributed by atoms with Crippen LogP contribution in [-0.4, -0.2) is 35.0 Å². The van der Waals surface area contributed by atoms with Crippen molar-refractivity contribution in [2.45, 2.75) is 89.8 Å². The fourth-order valence-corrected chi connectivity index (χ4v) is 4.55. The van der Waals surface area contributed by atoms with Gasteiger partial charge in [0.1, 0.15) is 0 Å². The monoisotopic (exact) mass is 402 g/mol. The number of alkyl halides is 1. The zero-order valence-electron chi connectivity index (χ0n) is 17.2. The van der Waals surface area contributed by atoms with E-state index in [9.17, 15) is 15.0 Å². The van der Waals surface area contributed by atoms with Crippen molar-refractivity contribution in [1.82, 2.24) is 0 Å². The standard InChI is InChI=1S/C22H39ClO4/c1-3-4-5-6-7-10-13-20-18(14-15-19(20)17-23)12-9-8-11-16-22(25,26)21(24)27-2/h10,13,18-20,25-26H,3-9,11-12,14-17H2,1-2H3/t18-,19+,20-/m1/s1. The van der Waals surface area contributed by atoms with Crippen LogP contribution < -0.4 is 0 Å². The Balaban J connectivity index is 2.33. The van der Waals surface area contributed by atoms with E-state index in [-0.39, 0.29) is 6.42 Å². The number of carbonyl (C=O) groups excluding carboxylic acids is 1. The van der Waals surface area contributed by atoms with E-state index in [1.54, 1.807) is 0 Å². The number of rotatable bonds is 14. The van der Waals surface area contributed by atoms with Crippen LogP contribution >= 0.6 is 11.6 Å². The SMILES string of the molecule is CCCCCCC=C[C@@H]1[C@H](CCCCCC(O)(O)C(=O)OC)CC[C@H]1CCl. The molecule has 5 heteroatoms. The van der Waals surface area contributed by atoms with Gasteiger partial charge in [-0.2, -0.15) is 0 Å². The Morgan fingerprint density at radius 2 is 1.81 bits per heavy atom. The molecule has 0 spiro atoms. The van der Waals surface area contributed by atoms with Gasteiger partial charge in [0.25, 0.3) is 5.79 Å². The van der Waals surface area contributed by atoms with Crippen LogP contribution in [-0.2, 0) is 9.53 Å². The summed E-state index contributed by atoms with van der Waals surface area (Å²) in [4.78, 5) is 11.3. The Hall–Kier alpha value is -0.580. The number of allylic oxidation sites excluding steroid dienone is 2. The molecule has 0 amide bonds. The van der Waals surface area contributed by atoms with Crippen molar-refractivity contribution >= 4 is 17.6 Å². The van der Waals surface area contributed by atoms with Gasteiger partial charge in [-0.15, -0.1) is 11.6 Å². The summed E-state index contributed by atoms with van der Waals surface area (Å²) in [5, 5.41) is 19.3. The molecular formula is C22H39ClO4. The zero-order valence-corrected chi connectivity index (χ0v) is 17.9. The van der Waals surface area contributed by atoms with E-state index < -0.39 is 11.8 Å². The second-order valence-electron chi connectivity index (χ2n) is 8.01. The topological polar surface area (TPSA) is 66.8 Å². The number of aliphatic hydroxyl groups is 2. The quantitative estimate of drug-likeness (QED) is 0.138. The molecular weight excluding hydrogens is 364 g/mol. The third kappa shape index (κ3) is 8.97. The molecule has 1 aliphatic rings. The lowest BCUT2D eigenvalue weighted by Crippen LogP contribution is -2.39. The molecule has 0 bridgehead atoms. The smallest absolute Gasteiger partial charge is 0.366 e. The predicted octanol–water partition coefficient (Wildman–Crippen LogP) is 5.20. The lowest BCUT2D eigenvalue weighted by atomic mass is 9.86. The molecule has 2 N–H and O–H groups in total. The highest BCUT2D eigenvalue weighted by atomic mass is 35.5. The summed E-state index contributed by atoms with van der Waals surface area (Å²) in [6.07, 6.45) is 17.3. The number of unbranched alkanes of at least 4 members (excludes halogenated alkanes) is 6. The van der Waals surface area contributed by atoms with Gasteiger partial charge in [0, 0.05) is 12.3 Å². The van der Waals surface area contributed by atoms with Crippen LogP contribution in [0.1, 0.15) is 84.0 Å². The summed E-state index contributed by atoms with van der Waals surface area (Å²) < 4.78 is 4.40. The molecule has 0 unspecified atom stereocenters. The van der Waals surface area contributed by atoms with Gasteiger partial charge in [-0.25, -0.2) is 4.79 Å². The average Bonchev–Trinajstić information content (AvgIpc) is 3.05. The Bertz CT molecular complexity index is 436. The van der Waals surface area contributed by atoms with Crippen molar-refractivity contribution in [3.8, 4) is 0 Å². The third-order valence-corrected chi connectivity index (χ3v) is 6.29. The van der Waals surface area contributed by atoms with Gasteiger partial charge in [0.15, 0.2) is 0 Å². The molecule has 1 rings (SSSR count). The molecule has 1 saturated carbocycles. The Kier molecular flexibility index (Phi) is 12.3. The van der Waals surface area contributed by atoms with Crippen molar-refractivity contribution in [1.29, 1.82) is 0 Å². The molecule has 158 valence electrons. The first-order valence-corrected chi connectivity index (χ1v) is 11.3. The second kappa shape index (κ2) is 13.6.